The van der Waals surface area contributed by atoms with Gasteiger partial charge in [0, 0.05) is 30.8 Å². The number of aliphatic hydroxyl groups is 1. The molecule has 1 aromatic rings. The van der Waals surface area contributed by atoms with Crippen LogP contribution < -0.4 is 0 Å². The summed E-state index contributed by atoms with van der Waals surface area (Å²) in [5, 5.41) is 10.2. The van der Waals surface area contributed by atoms with Crippen molar-refractivity contribution < 1.29 is 5.11 Å². The van der Waals surface area contributed by atoms with E-state index in [-0.39, 0.29) is 0 Å². The molecule has 2 aliphatic rings. The van der Waals surface area contributed by atoms with Gasteiger partial charge in [-0.05, 0) is 62.9 Å². The van der Waals surface area contributed by atoms with Crippen molar-refractivity contribution in [2.45, 2.75) is 31.7 Å². The van der Waals surface area contributed by atoms with Crippen LogP contribution in [0.1, 0.15) is 31.2 Å². The van der Waals surface area contributed by atoms with Gasteiger partial charge < -0.3 is 5.11 Å². The second-order valence-electron chi connectivity index (χ2n) is 7.19. The van der Waals surface area contributed by atoms with Crippen LogP contribution in [0.3, 0.4) is 0 Å². The number of halogens is 1. The van der Waals surface area contributed by atoms with Crippen LogP contribution in [-0.4, -0.2) is 60.3 Å². The summed E-state index contributed by atoms with van der Waals surface area (Å²) < 4.78 is 0. The molecule has 3 rings (SSSR count). The lowest BCUT2D eigenvalue weighted by Crippen LogP contribution is -2.50. The van der Waals surface area contributed by atoms with Gasteiger partial charge >= 0.3 is 0 Å². The highest BCUT2D eigenvalue weighted by atomic mass is 35.5. The van der Waals surface area contributed by atoms with E-state index in [4.69, 9.17) is 11.6 Å². The number of piperidine rings is 2. The summed E-state index contributed by atoms with van der Waals surface area (Å²) in [5.41, 5.74) is 1.17. The van der Waals surface area contributed by atoms with Crippen molar-refractivity contribution in [2.75, 3.05) is 39.3 Å². The third-order valence-electron chi connectivity index (χ3n) is 5.40. The summed E-state index contributed by atoms with van der Waals surface area (Å²) in [6.07, 6.45) is 6.90. The Morgan fingerprint density at radius 1 is 1.12 bits per heavy atom. The van der Waals surface area contributed by atoms with Crippen LogP contribution in [0, 0.1) is 5.92 Å². The highest BCUT2D eigenvalue weighted by molar-refractivity contribution is 6.31. The lowest BCUT2D eigenvalue weighted by molar-refractivity contribution is 0.0600. The highest BCUT2D eigenvalue weighted by Crippen LogP contribution is 2.24. The average molecular weight is 349 g/mol. The Kier molecular flexibility index (Phi) is 6.73. The molecular weight excluding hydrogens is 320 g/mol. The molecule has 4 heteroatoms. The Bertz CT molecular complexity index is 526. The number of rotatable bonds is 5. The van der Waals surface area contributed by atoms with Crippen molar-refractivity contribution in [1.82, 2.24) is 9.80 Å². The van der Waals surface area contributed by atoms with Crippen LogP contribution >= 0.6 is 11.6 Å². The molecule has 1 N–H and O–H groups in total. The normalized spacial score (nSPS) is 25.1. The maximum atomic E-state index is 9.30. The van der Waals surface area contributed by atoms with Crippen molar-refractivity contribution in [3.8, 4) is 0 Å². The number of aliphatic hydroxyl groups excluding tert-OH is 1. The molecule has 1 atom stereocenters. The van der Waals surface area contributed by atoms with E-state index >= 15 is 0 Å². The van der Waals surface area contributed by atoms with E-state index in [1.165, 1.54) is 18.4 Å². The van der Waals surface area contributed by atoms with E-state index in [2.05, 4.69) is 28.0 Å². The summed E-state index contributed by atoms with van der Waals surface area (Å²) in [6.45, 7) is 5.73. The first kappa shape index (κ1) is 17.9. The van der Waals surface area contributed by atoms with Crippen LogP contribution in [0.15, 0.2) is 35.4 Å². The minimum atomic E-state index is 0.352. The fourth-order valence-corrected chi connectivity index (χ4v) is 4.26. The molecule has 0 amide bonds. The largest absolute Gasteiger partial charge is 0.396 e. The Morgan fingerprint density at radius 3 is 2.58 bits per heavy atom. The fourth-order valence-electron chi connectivity index (χ4n) is 3.96. The molecular formula is C20H29ClN2O. The molecule has 0 aliphatic carbocycles. The molecule has 0 aromatic heterocycles. The van der Waals surface area contributed by atoms with Crippen LogP contribution in [-0.2, 0) is 0 Å². The zero-order chi connectivity index (χ0) is 16.8. The monoisotopic (exact) mass is 348 g/mol. The van der Waals surface area contributed by atoms with E-state index in [1.807, 2.05) is 18.2 Å². The molecule has 3 nitrogen and oxygen atoms in total. The quantitative estimate of drug-likeness (QED) is 0.883. The molecule has 24 heavy (non-hydrogen) atoms. The first-order valence-corrected chi connectivity index (χ1v) is 9.61. The molecule has 2 saturated heterocycles. The molecule has 2 fully saturated rings. The minimum absolute atomic E-state index is 0.352. The van der Waals surface area contributed by atoms with Crippen molar-refractivity contribution in [3.05, 3.63) is 40.9 Å². The topological polar surface area (TPSA) is 26.7 Å². The third kappa shape index (κ3) is 5.06. The zero-order valence-electron chi connectivity index (χ0n) is 14.4. The molecule has 0 radical (unpaired) electrons. The van der Waals surface area contributed by atoms with Crippen LogP contribution in [0.5, 0.6) is 0 Å². The molecule has 2 heterocycles. The van der Waals surface area contributed by atoms with Crippen molar-refractivity contribution in [2.24, 2.45) is 5.92 Å². The molecule has 0 bridgehead atoms. The minimum Gasteiger partial charge on any atom is -0.396 e. The first-order valence-electron chi connectivity index (χ1n) is 9.23. The molecule has 0 spiro atoms. The Morgan fingerprint density at radius 2 is 1.88 bits per heavy atom. The van der Waals surface area contributed by atoms with Crippen LogP contribution in [0.25, 0.3) is 6.08 Å². The standard InChI is InChI=1S/C20H29ClN2O/c21-19(13-17-5-2-1-3-6-17)14-22-10-4-7-20(15-22)23-11-8-18(16-24)9-12-23/h1-3,5-6,13,18,20,24H,4,7-12,14-16H2/b19-13-. The van der Waals surface area contributed by atoms with Gasteiger partial charge in [0.25, 0.3) is 0 Å². The predicted molar refractivity (Wildman–Crippen MR) is 101 cm³/mol. The number of nitrogens with zero attached hydrogens (tertiary/aromatic N) is 2. The SMILES string of the molecule is OCC1CCN(C2CCCN(C/C(Cl)=C/c3ccccc3)C2)CC1. The maximum absolute atomic E-state index is 9.30. The second kappa shape index (κ2) is 9.00. The summed E-state index contributed by atoms with van der Waals surface area (Å²) in [6, 6.07) is 10.9. The van der Waals surface area contributed by atoms with Gasteiger partial charge in [0.1, 0.15) is 0 Å². The molecule has 2 aliphatic heterocycles. The number of hydrogen-bond acceptors (Lipinski definition) is 3. The van der Waals surface area contributed by atoms with Gasteiger partial charge in [-0.1, -0.05) is 41.9 Å². The Balaban J connectivity index is 1.51. The molecule has 1 aromatic carbocycles. The molecule has 0 saturated carbocycles. The van der Waals surface area contributed by atoms with Gasteiger partial charge in [-0.15, -0.1) is 0 Å². The molecule has 1 unspecified atom stereocenters. The van der Waals surface area contributed by atoms with E-state index < -0.39 is 0 Å². The number of benzene rings is 1. The maximum Gasteiger partial charge on any atom is 0.0460 e. The Hall–Kier alpha value is -0.870. The summed E-state index contributed by atoms with van der Waals surface area (Å²) >= 11 is 6.50. The van der Waals surface area contributed by atoms with E-state index in [9.17, 15) is 5.11 Å². The lowest BCUT2D eigenvalue weighted by Gasteiger charge is -2.42. The first-order chi connectivity index (χ1) is 11.7. The lowest BCUT2D eigenvalue weighted by atomic mass is 9.94. The van der Waals surface area contributed by atoms with Gasteiger partial charge in [0.2, 0.25) is 0 Å². The summed E-state index contributed by atoms with van der Waals surface area (Å²) in [7, 11) is 0. The van der Waals surface area contributed by atoms with E-state index in [0.717, 1.165) is 50.6 Å². The van der Waals surface area contributed by atoms with Gasteiger partial charge in [-0.2, -0.15) is 0 Å². The fraction of sp³-hybridized carbons (Fsp3) is 0.600. The number of hydrogen-bond donors (Lipinski definition) is 1. The van der Waals surface area contributed by atoms with Crippen molar-refractivity contribution in [3.63, 3.8) is 0 Å². The average Bonchev–Trinajstić information content (AvgIpc) is 2.63. The van der Waals surface area contributed by atoms with Gasteiger partial charge in [-0.25, -0.2) is 0 Å². The second-order valence-corrected chi connectivity index (χ2v) is 7.68. The predicted octanol–water partition coefficient (Wildman–Crippen LogP) is 3.44. The van der Waals surface area contributed by atoms with E-state index in [1.54, 1.807) is 0 Å². The highest BCUT2D eigenvalue weighted by Gasteiger charge is 2.28. The number of likely N-dealkylation sites (tertiary alicyclic amines) is 2. The van der Waals surface area contributed by atoms with E-state index in [0.29, 0.717) is 18.6 Å². The summed E-state index contributed by atoms with van der Waals surface area (Å²) in [4.78, 5) is 5.13. The van der Waals surface area contributed by atoms with Crippen LogP contribution in [0.2, 0.25) is 0 Å². The van der Waals surface area contributed by atoms with Crippen molar-refractivity contribution >= 4 is 17.7 Å². The van der Waals surface area contributed by atoms with Gasteiger partial charge in [0.05, 0.1) is 0 Å². The van der Waals surface area contributed by atoms with Crippen molar-refractivity contribution in [1.29, 1.82) is 0 Å². The van der Waals surface area contributed by atoms with Crippen LogP contribution in [0.4, 0.5) is 0 Å². The zero-order valence-corrected chi connectivity index (χ0v) is 15.2. The third-order valence-corrected chi connectivity index (χ3v) is 5.63. The smallest absolute Gasteiger partial charge is 0.0460 e. The van der Waals surface area contributed by atoms with Gasteiger partial charge in [0.15, 0.2) is 0 Å². The summed E-state index contributed by atoms with van der Waals surface area (Å²) in [5.74, 6) is 0.518. The molecule has 132 valence electrons. The Labute approximate surface area is 150 Å². The van der Waals surface area contributed by atoms with Gasteiger partial charge in [-0.3, -0.25) is 9.80 Å².